The van der Waals surface area contributed by atoms with Gasteiger partial charge in [0.1, 0.15) is 0 Å². The summed E-state index contributed by atoms with van der Waals surface area (Å²) in [7, 11) is 0. The first-order valence-electron chi connectivity index (χ1n) is 5.37. The zero-order valence-corrected chi connectivity index (χ0v) is 8.33. The Balaban J connectivity index is 2.26. The van der Waals surface area contributed by atoms with Gasteiger partial charge in [-0.1, -0.05) is 48.6 Å². The third kappa shape index (κ3) is 0.782. The Bertz CT molecular complexity index is 637. The van der Waals surface area contributed by atoms with Crippen LogP contribution in [0.5, 0.6) is 0 Å². The molecule has 0 heterocycles. The topological polar surface area (TPSA) is 0 Å². The Labute approximate surface area is 88.5 Å². The van der Waals surface area contributed by atoms with Crippen molar-refractivity contribution in [1.82, 2.24) is 0 Å². The van der Waals surface area contributed by atoms with E-state index in [1.165, 1.54) is 33.0 Å². The molecule has 70 valence electrons. The molecule has 4 rings (SSSR count). The average molecular weight is 190 g/mol. The Morgan fingerprint density at radius 2 is 1.67 bits per heavy atom. The SMILES string of the molecule is C1=CC2=C(C1)c1cccc3cccc2c13. The van der Waals surface area contributed by atoms with Crippen LogP contribution in [0, 0.1) is 0 Å². The summed E-state index contributed by atoms with van der Waals surface area (Å²) in [6, 6.07) is 13.2. The van der Waals surface area contributed by atoms with Crippen molar-refractivity contribution in [3.63, 3.8) is 0 Å². The van der Waals surface area contributed by atoms with Crippen LogP contribution in [-0.2, 0) is 0 Å². The molecule has 0 unspecified atom stereocenters. The quantitative estimate of drug-likeness (QED) is 0.588. The van der Waals surface area contributed by atoms with E-state index in [2.05, 4.69) is 48.6 Å². The van der Waals surface area contributed by atoms with Crippen molar-refractivity contribution in [1.29, 1.82) is 0 Å². The molecule has 0 radical (unpaired) electrons. The van der Waals surface area contributed by atoms with E-state index in [9.17, 15) is 0 Å². The number of hydrogen-bond donors (Lipinski definition) is 0. The van der Waals surface area contributed by atoms with Crippen molar-refractivity contribution in [2.75, 3.05) is 0 Å². The lowest BCUT2D eigenvalue weighted by molar-refractivity contribution is 1.46. The Morgan fingerprint density at radius 3 is 2.53 bits per heavy atom. The van der Waals surface area contributed by atoms with Gasteiger partial charge in [-0.05, 0) is 39.5 Å². The van der Waals surface area contributed by atoms with Crippen LogP contribution < -0.4 is 0 Å². The maximum Gasteiger partial charge on any atom is -0.00296 e. The first-order chi connectivity index (χ1) is 7.45. The summed E-state index contributed by atoms with van der Waals surface area (Å²) in [5.41, 5.74) is 5.83. The second kappa shape index (κ2) is 2.40. The number of benzene rings is 2. The van der Waals surface area contributed by atoms with Crippen molar-refractivity contribution >= 4 is 21.9 Å². The molecule has 2 aromatic carbocycles. The van der Waals surface area contributed by atoms with Crippen LogP contribution in [0.2, 0.25) is 0 Å². The minimum Gasteiger partial charge on any atom is -0.0795 e. The maximum absolute atomic E-state index is 2.27. The van der Waals surface area contributed by atoms with Crippen LogP contribution in [0.1, 0.15) is 17.5 Å². The smallest absolute Gasteiger partial charge is 0.00296 e. The molecule has 0 heteroatoms. The second-order valence-electron chi connectivity index (χ2n) is 4.21. The third-order valence-electron chi connectivity index (χ3n) is 3.45. The molecule has 2 aliphatic rings. The molecule has 15 heavy (non-hydrogen) atoms. The van der Waals surface area contributed by atoms with Gasteiger partial charge in [0.25, 0.3) is 0 Å². The van der Waals surface area contributed by atoms with E-state index in [1.54, 1.807) is 0 Å². The Kier molecular flexibility index (Phi) is 1.20. The van der Waals surface area contributed by atoms with E-state index in [-0.39, 0.29) is 0 Å². The Hall–Kier alpha value is -1.82. The number of rotatable bonds is 0. The number of fused-ring (bicyclic) bond motifs is 2. The molecule has 0 N–H and O–H groups in total. The molecule has 0 fully saturated rings. The normalized spacial score (nSPS) is 16.5. The van der Waals surface area contributed by atoms with Crippen molar-refractivity contribution in [2.45, 2.75) is 6.42 Å². The molecule has 0 nitrogen and oxygen atoms in total. The van der Waals surface area contributed by atoms with E-state index >= 15 is 0 Å². The van der Waals surface area contributed by atoms with E-state index in [0.717, 1.165) is 6.42 Å². The molecule has 2 aromatic rings. The van der Waals surface area contributed by atoms with Gasteiger partial charge >= 0.3 is 0 Å². The monoisotopic (exact) mass is 190 g/mol. The molecule has 0 spiro atoms. The summed E-state index contributed by atoms with van der Waals surface area (Å²) < 4.78 is 0. The molecule has 0 saturated heterocycles. The highest BCUT2D eigenvalue weighted by Gasteiger charge is 2.23. The highest BCUT2D eigenvalue weighted by atomic mass is 14.3. The standard InChI is InChI=1S/C15H10/c1-4-10-5-2-9-14-12-7-3-6-11(12)13(8-1)15(10)14/h1-6,8-9H,7H2. The summed E-state index contributed by atoms with van der Waals surface area (Å²) in [5, 5.41) is 2.82. The van der Waals surface area contributed by atoms with Crippen molar-refractivity contribution in [3.8, 4) is 0 Å². The lowest BCUT2D eigenvalue weighted by Gasteiger charge is -2.03. The van der Waals surface area contributed by atoms with Crippen LogP contribution in [-0.4, -0.2) is 0 Å². The predicted octanol–water partition coefficient (Wildman–Crippen LogP) is 4.02. The fraction of sp³-hybridized carbons (Fsp3) is 0.0667. The van der Waals surface area contributed by atoms with Gasteiger partial charge < -0.3 is 0 Å². The fourth-order valence-corrected chi connectivity index (χ4v) is 2.83. The summed E-state index contributed by atoms with van der Waals surface area (Å²) in [6.07, 6.45) is 5.63. The van der Waals surface area contributed by atoms with Crippen LogP contribution in [0.4, 0.5) is 0 Å². The van der Waals surface area contributed by atoms with Gasteiger partial charge in [0.15, 0.2) is 0 Å². The van der Waals surface area contributed by atoms with Crippen LogP contribution in [0.3, 0.4) is 0 Å². The van der Waals surface area contributed by atoms with Gasteiger partial charge in [-0.25, -0.2) is 0 Å². The molecule has 0 saturated carbocycles. The minimum absolute atomic E-state index is 1.10. The van der Waals surface area contributed by atoms with Gasteiger partial charge in [0, 0.05) is 0 Å². The fourth-order valence-electron chi connectivity index (χ4n) is 2.83. The number of allylic oxidation sites excluding steroid dienone is 4. The molecule has 2 aliphatic carbocycles. The summed E-state index contributed by atoms with van der Waals surface area (Å²) in [4.78, 5) is 0. The van der Waals surface area contributed by atoms with E-state index in [4.69, 9.17) is 0 Å². The third-order valence-corrected chi connectivity index (χ3v) is 3.45. The highest BCUT2D eigenvalue weighted by Crippen LogP contribution is 2.46. The largest absolute Gasteiger partial charge is 0.0795 e. The summed E-state index contributed by atoms with van der Waals surface area (Å²) in [6.45, 7) is 0. The maximum atomic E-state index is 2.27. The van der Waals surface area contributed by atoms with Gasteiger partial charge in [0.2, 0.25) is 0 Å². The zero-order chi connectivity index (χ0) is 9.83. The highest BCUT2D eigenvalue weighted by molar-refractivity contribution is 6.17. The average Bonchev–Trinajstić information content (AvgIpc) is 2.84. The summed E-state index contributed by atoms with van der Waals surface area (Å²) >= 11 is 0. The van der Waals surface area contributed by atoms with Gasteiger partial charge in [0.05, 0.1) is 0 Å². The Morgan fingerprint density at radius 1 is 0.867 bits per heavy atom. The summed E-state index contributed by atoms with van der Waals surface area (Å²) in [5.74, 6) is 0. The molecular formula is C15H10. The minimum atomic E-state index is 1.10. The van der Waals surface area contributed by atoms with E-state index < -0.39 is 0 Å². The lowest BCUT2D eigenvalue weighted by Crippen LogP contribution is -1.80. The molecule has 0 aliphatic heterocycles. The van der Waals surface area contributed by atoms with Gasteiger partial charge in [-0.2, -0.15) is 0 Å². The zero-order valence-electron chi connectivity index (χ0n) is 8.33. The van der Waals surface area contributed by atoms with Crippen molar-refractivity contribution < 1.29 is 0 Å². The van der Waals surface area contributed by atoms with E-state index in [1.807, 2.05) is 0 Å². The number of hydrogen-bond acceptors (Lipinski definition) is 0. The first kappa shape index (κ1) is 7.47. The van der Waals surface area contributed by atoms with Gasteiger partial charge in [-0.3, -0.25) is 0 Å². The van der Waals surface area contributed by atoms with Crippen molar-refractivity contribution in [2.24, 2.45) is 0 Å². The van der Waals surface area contributed by atoms with Crippen LogP contribution in [0.25, 0.3) is 21.9 Å². The molecule has 0 aromatic heterocycles. The molecule has 0 bridgehead atoms. The first-order valence-corrected chi connectivity index (χ1v) is 5.37. The molecular weight excluding hydrogens is 180 g/mol. The molecule has 0 amide bonds. The van der Waals surface area contributed by atoms with E-state index in [0.29, 0.717) is 0 Å². The predicted molar refractivity (Wildman–Crippen MR) is 64.5 cm³/mol. The second-order valence-corrected chi connectivity index (χ2v) is 4.21. The van der Waals surface area contributed by atoms with Crippen molar-refractivity contribution in [3.05, 3.63) is 59.7 Å². The van der Waals surface area contributed by atoms with Crippen LogP contribution >= 0.6 is 0 Å². The van der Waals surface area contributed by atoms with Gasteiger partial charge in [-0.15, -0.1) is 0 Å². The molecule has 0 atom stereocenters. The lowest BCUT2D eigenvalue weighted by atomic mass is 10.0. The van der Waals surface area contributed by atoms with Crippen LogP contribution in [0.15, 0.2) is 48.6 Å².